The molecule has 1 atom stereocenters. The first-order valence-electron chi connectivity index (χ1n) is 6.28. The maximum atomic E-state index is 13.1. The van der Waals surface area contributed by atoms with Gasteiger partial charge in [0.1, 0.15) is 5.82 Å². The molecule has 1 aromatic carbocycles. The third kappa shape index (κ3) is 3.71. The lowest BCUT2D eigenvalue weighted by Gasteiger charge is -2.24. The van der Waals surface area contributed by atoms with Crippen LogP contribution in [0.1, 0.15) is 11.8 Å². The van der Waals surface area contributed by atoms with Gasteiger partial charge in [0.15, 0.2) is 0 Å². The molecule has 0 aliphatic heterocycles. The number of hydrogen-bond donors (Lipinski definition) is 0. The molecule has 114 valence electrons. The van der Waals surface area contributed by atoms with Crippen LogP contribution in [0, 0.1) is 5.82 Å². The van der Waals surface area contributed by atoms with Crippen molar-refractivity contribution in [3.8, 4) is 0 Å². The van der Waals surface area contributed by atoms with Gasteiger partial charge in [-0.05, 0) is 58.9 Å². The highest BCUT2D eigenvalue weighted by molar-refractivity contribution is 9.10. The van der Waals surface area contributed by atoms with Gasteiger partial charge in [0.05, 0.1) is 4.90 Å². The van der Waals surface area contributed by atoms with Gasteiger partial charge in [-0.25, -0.2) is 12.8 Å². The summed E-state index contributed by atoms with van der Waals surface area (Å²) in [5.41, 5.74) is 0. The number of likely N-dealkylation sites (N-methyl/N-ethyl adjacent to an activating group) is 1. The van der Waals surface area contributed by atoms with Crippen LogP contribution in [0.4, 0.5) is 4.39 Å². The number of halogens is 2. The van der Waals surface area contributed by atoms with Crippen LogP contribution in [-0.4, -0.2) is 25.8 Å². The van der Waals surface area contributed by atoms with Crippen molar-refractivity contribution < 1.29 is 12.8 Å². The van der Waals surface area contributed by atoms with E-state index >= 15 is 0 Å². The van der Waals surface area contributed by atoms with Crippen molar-refractivity contribution in [3.63, 3.8) is 0 Å². The molecule has 7 heteroatoms. The predicted octanol–water partition coefficient (Wildman–Crippen LogP) is 3.90. The Morgan fingerprint density at radius 2 is 2.10 bits per heavy atom. The predicted molar refractivity (Wildman–Crippen MR) is 86.5 cm³/mol. The highest BCUT2D eigenvalue weighted by atomic mass is 79.9. The van der Waals surface area contributed by atoms with Crippen LogP contribution in [0.15, 0.2) is 45.1 Å². The fourth-order valence-corrected chi connectivity index (χ4v) is 5.12. The van der Waals surface area contributed by atoms with Crippen molar-refractivity contribution in [3.05, 3.63) is 50.9 Å². The van der Waals surface area contributed by atoms with Crippen molar-refractivity contribution >= 4 is 37.3 Å². The smallest absolute Gasteiger partial charge is 0.207 e. The van der Waals surface area contributed by atoms with Crippen molar-refractivity contribution in [2.24, 2.45) is 0 Å². The van der Waals surface area contributed by atoms with Crippen molar-refractivity contribution in [2.45, 2.75) is 24.3 Å². The summed E-state index contributed by atoms with van der Waals surface area (Å²) in [6.07, 6.45) is 0.645. The third-order valence-electron chi connectivity index (χ3n) is 3.25. The second-order valence-corrected chi connectivity index (χ2v) is 8.58. The van der Waals surface area contributed by atoms with Gasteiger partial charge in [-0.1, -0.05) is 6.07 Å². The number of sulfonamides is 1. The maximum Gasteiger partial charge on any atom is 0.244 e. The Morgan fingerprint density at radius 1 is 1.38 bits per heavy atom. The van der Waals surface area contributed by atoms with E-state index in [1.807, 2.05) is 24.4 Å². The summed E-state index contributed by atoms with van der Waals surface area (Å²) in [7, 11) is -2.12. The Morgan fingerprint density at radius 3 is 2.67 bits per heavy atom. The molecule has 1 aromatic heterocycles. The molecular weight excluding hydrogens is 377 g/mol. The summed E-state index contributed by atoms with van der Waals surface area (Å²) < 4.78 is 39.9. The minimum absolute atomic E-state index is 0.0735. The fourth-order valence-electron chi connectivity index (χ4n) is 1.92. The molecule has 0 saturated carbocycles. The Hall–Kier alpha value is -0.760. The molecule has 1 heterocycles. The van der Waals surface area contributed by atoms with E-state index in [1.54, 1.807) is 18.4 Å². The lowest BCUT2D eigenvalue weighted by atomic mass is 10.2. The summed E-state index contributed by atoms with van der Waals surface area (Å²) in [4.78, 5) is 1.20. The molecule has 0 fully saturated rings. The van der Waals surface area contributed by atoms with E-state index in [-0.39, 0.29) is 15.4 Å². The average molecular weight is 392 g/mol. The molecule has 2 aromatic rings. The van der Waals surface area contributed by atoms with Gasteiger partial charge in [0.25, 0.3) is 0 Å². The standard InChI is InChI=1S/C14H15BrFNO2S2/c1-10(8-12-4-3-7-20-12)17(2)21(18,19)14-6-5-11(16)9-13(14)15/h3-7,9-10H,8H2,1-2H3. The average Bonchev–Trinajstić information content (AvgIpc) is 2.90. The largest absolute Gasteiger partial charge is 0.244 e. The SMILES string of the molecule is CC(Cc1cccs1)N(C)S(=O)(=O)c1ccc(F)cc1Br. The molecule has 21 heavy (non-hydrogen) atoms. The van der Waals surface area contributed by atoms with Crippen molar-refractivity contribution in [1.82, 2.24) is 4.31 Å². The molecule has 0 aliphatic rings. The summed E-state index contributed by atoms with van der Waals surface area (Å²) in [6.45, 7) is 1.86. The molecule has 0 saturated heterocycles. The van der Waals surface area contributed by atoms with E-state index < -0.39 is 15.8 Å². The molecule has 2 rings (SSSR count). The minimum Gasteiger partial charge on any atom is -0.207 e. The Kier molecular flexibility index (Phi) is 5.19. The molecule has 0 N–H and O–H groups in total. The molecule has 3 nitrogen and oxygen atoms in total. The topological polar surface area (TPSA) is 37.4 Å². The number of nitrogens with zero attached hydrogens (tertiary/aromatic N) is 1. The summed E-state index contributed by atoms with van der Waals surface area (Å²) in [6, 6.07) is 7.32. The highest BCUT2D eigenvalue weighted by Gasteiger charge is 2.27. The number of rotatable bonds is 5. The molecule has 0 radical (unpaired) electrons. The Balaban J connectivity index is 2.25. The van der Waals surface area contributed by atoms with Crippen LogP contribution < -0.4 is 0 Å². The number of hydrogen-bond acceptors (Lipinski definition) is 3. The van der Waals surface area contributed by atoms with Gasteiger partial charge in [0, 0.05) is 22.4 Å². The monoisotopic (exact) mass is 391 g/mol. The Labute approximate surface area is 136 Å². The van der Waals surface area contributed by atoms with Crippen LogP contribution in [0.3, 0.4) is 0 Å². The van der Waals surface area contributed by atoms with E-state index in [4.69, 9.17) is 0 Å². The highest BCUT2D eigenvalue weighted by Crippen LogP contribution is 2.27. The molecular formula is C14H15BrFNO2S2. The van der Waals surface area contributed by atoms with E-state index in [2.05, 4.69) is 15.9 Å². The summed E-state index contributed by atoms with van der Waals surface area (Å²) in [5, 5.41) is 1.97. The van der Waals surface area contributed by atoms with Gasteiger partial charge in [-0.3, -0.25) is 0 Å². The zero-order valence-corrected chi connectivity index (χ0v) is 14.8. The quantitative estimate of drug-likeness (QED) is 0.774. The van der Waals surface area contributed by atoms with Gasteiger partial charge in [-0.15, -0.1) is 11.3 Å². The maximum absolute atomic E-state index is 13.1. The first-order valence-corrected chi connectivity index (χ1v) is 9.39. The van der Waals surface area contributed by atoms with Crippen LogP contribution in [0.5, 0.6) is 0 Å². The van der Waals surface area contributed by atoms with Gasteiger partial charge in [-0.2, -0.15) is 4.31 Å². The number of thiophene rings is 1. The van der Waals surface area contributed by atoms with Crippen LogP contribution in [0.2, 0.25) is 0 Å². The van der Waals surface area contributed by atoms with Crippen LogP contribution >= 0.6 is 27.3 Å². The van der Waals surface area contributed by atoms with Crippen LogP contribution in [0.25, 0.3) is 0 Å². The molecule has 0 spiro atoms. The fraction of sp³-hybridized carbons (Fsp3) is 0.286. The first-order chi connectivity index (χ1) is 9.82. The van der Waals surface area contributed by atoms with Gasteiger partial charge >= 0.3 is 0 Å². The van der Waals surface area contributed by atoms with E-state index in [0.717, 1.165) is 17.0 Å². The van der Waals surface area contributed by atoms with Crippen molar-refractivity contribution in [2.75, 3.05) is 7.05 Å². The van der Waals surface area contributed by atoms with E-state index in [9.17, 15) is 12.8 Å². The van der Waals surface area contributed by atoms with Crippen molar-refractivity contribution in [1.29, 1.82) is 0 Å². The summed E-state index contributed by atoms with van der Waals surface area (Å²) >= 11 is 4.72. The normalized spacial score (nSPS) is 13.6. The van der Waals surface area contributed by atoms with Crippen LogP contribution in [-0.2, 0) is 16.4 Å². The van der Waals surface area contributed by atoms with E-state index in [0.29, 0.717) is 6.42 Å². The van der Waals surface area contributed by atoms with Gasteiger partial charge < -0.3 is 0 Å². The second-order valence-electron chi connectivity index (χ2n) is 4.73. The zero-order valence-electron chi connectivity index (χ0n) is 11.6. The molecule has 0 amide bonds. The third-order valence-corrected chi connectivity index (χ3v) is 7.10. The zero-order chi connectivity index (χ0) is 15.6. The Bertz CT molecular complexity index is 717. The molecule has 0 aliphatic carbocycles. The minimum atomic E-state index is -3.66. The van der Waals surface area contributed by atoms with Gasteiger partial charge in [0.2, 0.25) is 10.0 Å². The summed E-state index contributed by atoms with van der Waals surface area (Å²) in [5.74, 6) is -0.477. The molecule has 0 bridgehead atoms. The van der Waals surface area contributed by atoms with E-state index in [1.165, 1.54) is 10.4 Å². The molecule has 1 unspecified atom stereocenters. The second kappa shape index (κ2) is 6.56. The lowest BCUT2D eigenvalue weighted by Crippen LogP contribution is -2.36. The number of benzene rings is 1. The first kappa shape index (κ1) is 16.6. The lowest BCUT2D eigenvalue weighted by molar-refractivity contribution is 0.388.